The van der Waals surface area contributed by atoms with E-state index in [1.165, 1.54) is 5.57 Å². The van der Waals surface area contributed by atoms with Crippen molar-refractivity contribution in [2.75, 3.05) is 0 Å². The molecule has 15 heavy (non-hydrogen) atoms. The van der Waals surface area contributed by atoms with E-state index >= 15 is 0 Å². The molecule has 74 valence electrons. The Labute approximate surface area is 87.5 Å². The van der Waals surface area contributed by atoms with Crippen LogP contribution in [0.25, 0.3) is 0 Å². The molecule has 1 amide bonds. The SMILES string of the molecule is O=C1NC=CNC2=C1C=C1C=CC=CC12. The molecule has 0 fully saturated rings. The molecule has 0 saturated carbocycles. The highest BCUT2D eigenvalue weighted by atomic mass is 16.1. The summed E-state index contributed by atoms with van der Waals surface area (Å²) < 4.78 is 0. The minimum atomic E-state index is -0.0463. The Hall–Kier alpha value is -2.03. The van der Waals surface area contributed by atoms with Crippen LogP contribution in [0.2, 0.25) is 0 Å². The fraction of sp³-hybridized carbons (Fsp3) is 0.0833. The first-order valence-electron chi connectivity index (χ1n) is 4.89. The molecule has 2 N–H and O–H groups in total. The zero-order chi connectivity index (χ0) is 10.3. The van der Waals surface area contributed by atoms with Crippen molar-refractivity contribution in [2.24, 2.45) is 5.92 Å². The summed E-state index contributed by atoms with van der Waals surface area (Å²) in [5.74, 6) is 0.161. The Morgan fingerprint density at radius 2 is 2.00 bits per heavy atom. The Morgan fingerprint density at radius 3 is 2.93 bits per heavy atom. The largest absolute Gasteiger partial charge is 0.362 e. The first-order valence-corrected chi connectivity index (χ1v) is 4.89. The predicted octanol–water partition coefficient (Wildman–Crippen LogP) is 1.11. The number of hydrogen-bond donors (Lipinski definition) is 2. The van der Waals surface area contributed by atoms with E-state index in [4.69, 9.17) is 0 Å². The van der Waals surface area contributed by atoms with Crippen molar-refractivity contribution in [3.63, 3.8) is 0 Å². The summed E-state index contributed by atoms with van der Waals surface area (Å²) in [5, 5.41) is 5.84. The lowest BCUT2D eigenvalue weighted by Crippen LogP contribution is -2.18. The standard InChI is InChI=1S/C12H10N2O/c15-12-10-7-8-3-1-2-4-9(8)11(10)13-5-6-14-12/h1-7,9,13H,(H,14,15). The quantitative estimate of drug-likeness (QED) is 0.612. The van der Waals surface area contributed by atoms with Crippen LogP contribution in [0.4, 0.5) is 0 Å². The monoisotopic (exact) mass is 198 g/mol. The molecule has 0 saturated heterocycles. The van der Waals surface area contributed by atoms with Gasteiger partial charge in [0.2, 0.25) is 0 Å². The van der Waals surface area contributed by atoms with Crippen LogP contribution in [0.5, 0.6) is 0 Å². The second-order valence-corrected chi connectivity index (χ2v) is 3.64. The first-order chi connectivity index (χ1) is 7.36. The molecular weight excluding hydrogens is 188 g/mol. The third-order valence-corrected chi connectivity index (χ3v) is 2.76. The van der Waals surface area contributed by atoms with Crippen molar-refractivity contribution in [1.29, 1.82) is 0 Å². The highest BCUT2D eigenvalue weighted by molar-refractivity contribution is 5.99. The maximum Gasteiger partial charge on any atom is 0.257 e. The van der Waals surface area contributed by atoms with Crippen molar-refractivity contribution in [1.82, 2.24) is 10.6 Å². The minimum absolute atomic E-state index is 0.0463. The number of allylic oxidation sites excluding steroid dienone is 4. The highest BCUT2D eigenvalue weighted by Crippen LogP contribution is 2.34. The van der Waals surface area contributed by atoms with Crippen molar-refractivity contribution in [3.8, 4) is 0 Å². The zero-order valence-corrected chi connectivity index (χ0v) is 8.03. The fourth-order valence-corrected chi connectivity index (χ4v) is 2.05. The minimum Gasteiger partial charge on any atom is -0.362 e. The summed E-state index contributed by atoms with van der Waals surface area (Å²) in [5.41, 5.74) is 2.87. The molecule has 0 spiro atoms. The van der Waals surface area contributed by atoms with Crippen LogP contribution in [0.1, 0.15) is 0 Å². The molecule has 0 aromatic heterocycles. The lowest BCUT2D eigenvalue weighted by molar-refractivity contribution is -0.116. The molecule has 3 aliphatic rings. The molecule has 0 bridgehead atoms. The number of nitrogens with one attached hydrogen (secondary N) is 2. The normalized spacial score (nSPS) is 26.5. The van der Waals surface area contributed by atoms with Crippen molar-refractivity contribution in [3.05, 3.63) is 59.6 Å². The van der Waals surface area contributed by atoms with E-state index in [9.17, 15) is 4.79 Å². The molecule has 3 nitrogen and oxygen atoms in total. The van der Waals surface area contributed by atoms with Gasteiger partial charge < -0.3 is 10.6 Å². The van der Waals surface area contributed by atoms with Gasteiger partial charge >= 0.3 is 0 Å². The van der Waals surface area contributed by atoms with Gasteiger partial charge in [0.05, 0.1) is 5.57 Å². The average Bonchev–Trinajstić information content (AvgIpc) is 2.54. The molecule has 2 aliphatic carbocycles. The van der Waals surface area contributed by atoms with Gasteiger partial charge in [-0.15, -0.1) is 0 Å². The maximum absolute atomic E-state index is 11.7. The molecule has 1 unspecified atom stereocenters. The predicted molar refractivity (Wildman–Crippen MR) is 57.3 cm³/mol. The third kappa shape index (κ3) is 1.16. The van der Waals surface area contributed by atoms with Crippen LogP contribution >= 0.6 is 0 Å². The lowest BCUT2D eigenvalue weighted by atomic mass is 9.96. The van der Waals surface area contributed by atoms with E-state index in [1.807, 2.05) is 24.3 Å². The van der Waals surface area contributed by atoms with Crippen LogP contribution < -0.4 is 10.6 Å². The third-order valence-electron chi connectivity index (χ3n) is 2.76. The molecular formula is C12H10N2O. The van der Waals surface area contributed by atoms with Gasteiger partial charge in [-0.05, 0) is 11.6 Å². The second-order valence-electron chi connectivity index (χ2n) is 3.64. The number of rotatable bonds is 0. The molecule has 0 aromatic rings. The summed E-state index contributed by atoms with van der Waals surface area (Å²) in [7, 11) is 0. The zero-order valence-electron chi connectivity index (χ0n) is 8.03. The summed E-state index contributed by atoms with van der Waals surface area (Å²) in [6.07, 6.45) is 13.4. The van der Waals surface area contributed by atoms with Gasteiger partial charge in [0, 0.05) is 24.0 Å². The first kappa shape index (κ1) is 8.29. The Bertz CT molecular complexity index is 478. The van der Waals surface area contributed by atoms with Crippen molar-refractivity contribution >= 4 is 5.91 Å². The Morgan fingerprint density at radius 1 is 1.13 bits per heavy atom. The van der Waals surface area contributed by atoms with Gasteiger partial charge in [-0.1, -0.05) is 24.3 Å². The molecule has 0 aromatic carbocycles. The van der Waals surface area contributed by atoms with E-state index in [2.05, 4.69) is 16.7 Å². The molecule has 0 radical (unpaired) electrons. The van der Waals surface area contributed by atoms with Crippen LogP contribution in [-0.4, -0.2) is 5.91 Å². The number of fused-ring (bicyclic) bond motifs is 2. The van der Waals surface area contributed by atoms with E-state index in [0.29, 0.717) is 0 Å². The summed E-state index contributed by atoms with van der Waals surface area (Å²) in [6, 6.07) is 0. The smallest absolute Gasteiger partial charge is 0.257 e. The van der Waals surface area contributed by atoms with Crippen molar-refractivity contribution in [2.45, 2.75) is 0 Å². The van der Waals surface area contributed by atoms with Gasteiger partial charge in [0.1, 0.15) is 0 Å². The summed E-state index contributed by atoms with van der Waals surface area (Å²) in [4.78, 5) is 11.7. The van der Waals surface area contributed by atoms with E-state index in [0.717, 1.165) is 11.3 Å². The second kappa shape index (κ2) is 2.98. The van der Waals surface area contributed by atoms with Crippen LogP contribution in [0.15, 0.2) is 59.6 Å². The van der Waals surface area contributed by atoms with Gasteiger partial charge in [0.25, 0.3) is 5.91 Å². The number of hydrogen-bond acceptors (Lipinski definition) is 2. The van der Waals surface area contributed by atoms with Gasteiger partial charge in [-0.25, -0.2) is 0 Å². The number of carbonyl (C=O) groups excluding carboxylic acids is 1. The van der Waals surface area contributed by atoms with Crippen molar-refractivity contribution < 1.29 is 4.79 Å². The van der Waals surface area contributed by atoms with E-state index in [1.54, 1.807) is 12.4 Å². The van der Waals surface area contributed by atoms with Crippen LogP contribution in [-0.2, 0) is 4.79 Å². The fourth-order valence-electron chi connectivity index (χ4n) is 2.05. The van der Waals surface area contributed by atoms with E-state index in [-0.39, 0.29) is 11.8 Å². The topological polar surface area (TPSA) is 41.1 Å². The summed E-state index contributed by atoms with van der Waals surface area (Å²) >= 11 is 0. The molecule has 1 heterocycles. The Kier molecular flexibility index (Phi) is 1.65. The number of carbonyl (C=O) groups is 1. The highest BCUT2D eigenvalue weighted by Gasteiger charge is 2.29. The average molecular weight is 198 g/mol. The van der Waals surface area contributed by atoms with Gasteiger partial charge in [-0.2, -0.15) is 0 Å². The van der Waals surface area contributed by atoms with E-state index < -0.39 is 0 Å². The lowest BCUT2D eigenvalue weighted by Gasteiger charge is -2.15. The van der Waals surface area contributed by atoms with Gasteiger partial charge in [-0.3, -0.25) is 4.79 Å². The number of amides is 1. The molecule has 1 atom stereocenters. The Balaban J connectivity index is 2.09. The van der Waals surface area contributed by atoms with Gasteiger partial charge in [0.15, 0.2) is 0 Å². The molecule has 3 rings (SSSR count). The van der Waals surface area contributed by atoms with Crippen LogP contribution in [0, 0.1) is 5.92 Å². The summed E-state index contributed by atoms with van der Waals surface area (Å²) in [6.45, 7) is 0. The van der Waals surface area contributed by atoms with Crippen LogP contribution in [0.3, 0.4) is 0 Å². The molecule has 3 heteroatoms. The molecule has 1 aliphatic heterocycles. The maximum atomic E-state index is 11.7.